The van der Waals surface area contributed by atoms with Crippen molar-refractivity contribution >= 4 is 22.1 Å². The highest BCUT2D eigenvalue weighted by Crippen LogP contribution is 2.39. The fraction of sp³-hybridized carbons (Fsp3) is 0.300. The predicted octanol–water partition coefficient (Wildman–Crippen LogP) is 5.20. The average molecular weight is 325 g/mol. The Morgan fingerprint density at radius 2 is 1.87 bits per heavy atom. The van der Waals surface area contributed by atoms with Crippen LogP contribution < -0.4 is 10.1 Å². The molecule has 1 heterocycles. The maximum atomic E-state index is 6.68. The number of benzene rings is 2. The molecular formula is C20H23NOS. The highest BCUT2D eigenvalue weighted by Gasteiger charge is 2.33. The van der Waals surface area contributed by atoms with Crippen LogP contribution >= 0.6 is 11.3 Å². The third-order valence-corrected chi connectivity index (χ3v) is 5.43. The number of fused-ring (bicyclic) bond motifs is 1. The summed E-state index contributed by atoms with van der Waals surface area (Å²) in [4.78, 5) is 1.29. The topological polar surface area (TPSA) is 21.3 Å². The first-order chi connectivity index (χ1) is 11.3. The molecule has 0 saturated carbocycles. The van der Waals surface area contributed by atoms with Gasteiger partial charge in [-0.1, -0.05) is 49.4 Å². The third kappa shape index (κ3) is 3.26. The zero-order valence-corrected chi connectivity index (χ0v) is 14.5. The number of hydrogen-bond donors (Lipinski definition) is 1. The lowest BCUT2D eigenvalue weighted by Gasteiger charge is -2.33. The Kier molecular flexibility index (Phi) is 4.99. The SMILES string of the molecule is CCC(CCNC)(Oc1cccc2ccccc12)c1cccs1. The maximum absolute atomic E-state index is 6.68. The Balaban J connectivity index is 2.03. The van der Waals surface area contributed by atoms with Crippen LogP contribution in [0.25, 0.3) is 10.8 Å². The van der Waals surface area contributed by atoms with E-state index < -0.39 is 0 Å². The van der Waals surface area contributed by atoms with E-state index in [9.17, 15) is 0 Å². The molecule has 2 aromatic carbocycles. The summed E-state index contributed by atoms with van der Waals surface area (Å²) in [5.74, 6) is 0.967. The standard InChI is InChI=1S/C20H23NOS/c1-3-20(13-14-21-2,19-12-7-15-23-19)22-18-11-6-9-16-8-4-5-10-17(16)18/h4-12,15,21H,3,13-14H2,1-2H3. The van der Waals surface area contributed by atoms with Gasteiger partial charge in [-0.2, -0.15) is 0 Å². The number of hydrogen-bond acceptors (Lipinski definition) is 3. The van der Waals surface area contributed by atoms with E-state index in [0.29, 0.717) is 0 Å². The van der Waals surface area contributed by atoms with Gasteiger partial charge in [0.2, 0.25) is 0 Å². The molecule has 23 heavy (non-hydrogen) atoms. The van der Waals surface area contributed by atoms with Crippen molar-refractivity contribution in [2.24, 2.45) is 0 Å². The summed E-state index contributed by atoms with van der Waals surface area (Å²) in [5, 5.41) is 7.79. The van der Waals surface area contributed by atoms with Gasteiger partial charge in [0.05, 0.1) is 0 Å². The molecule has 3 rings (SSSR count). The van der Waals surface area contributed by atoms with Crippen LogP contribution in [0, 0.1) is 0 Å². The second-order valence-electron chi connectivity index (χ2n) is 5.76. The fourth-order valence-corrected chi connectivity index (χ4v) is 3.97. The molecule has 3 aromatic rings. The monoisotopic (exact) mass is 325 g/mol. The van der Waals surface area contributed by atoms with E-state index >= 15 is 0 Å². The van der Waals surface area contributed by atoms with Crippen molar-refractivity contribution < 1.29 is 4.74 Å². The molecule has 0 radical (unpaired) electrons. The summed E-state index contributed by atoms with van der Waals surface area (Å²) in [5.41, 5.74) is -0.276. The summed E-state index contributed by atoms with van der Waals surface area (Å²) in [6.07, 6.45) is 1.89. The van der Waals surface area contributed by atoms with Crippen LogP contribution in [0.2, 0.25) is 0 Å². The maximum Gasteiger partial charge on any atom is 0.144 e. The lowest BCUT2D eigenvalue weighted by molar-refractivity contribution is 0.0583. The second-order valence-corrected chi connectivity index (χ2v) is 6.71. The quantitative estimate of drug-likeness (QED) is 0.645. The molecule has 0 bridgehead atoms. The smallest absolute Gasteiger partial charge is 0.144 e. The first kappa shape index (κ1) is 16.0. The number of rotatable bonds is 7. The van der Waals surface area contributed by atoms with Crippen molar-refractivity contribution in [2.75, 3.05) is 13.6 Å². The zero-order valence-electron chi connectivity index (χ0n) is 13.7. The molecule has 0 aliphatic carbocycles. The first-order valence-corrected chi connectivity index (χ1v) is 9.02. The van der Waals surface area contributed by atoms with E-state index in [2.05, 4.69) is 72.2 Å². The van der Waals surface area contributed by atoms with Crippen LogP contribution in [-0.2, 0) is 5.60 Å². The van der Waals surface area contributed by atoms with Crippen molar-refractivity contribution in [2.45, 2.75) is 25.4 Å². The summed E-state index contributed by atoms with van der Waals surface area (Å²) in [6, 6.07) is 19.0. The van der Waals surface area contributed by atoms with Gasteiger partial charge in [-0.05, 0) is 42.9 Å². The fourth-order valence-electron chi connectivity index (χ4n) is 3.01. The van der Waals surface area contributed by atoms with Gasteiger partial charge >= 0.3 is 0 Å². The van der Waals surface area contributed by atoms with Gasteiger partial charge < -0.3 is 10.1 Å². The molecule has 0 amide bonds. The van der Waals surface area contributed by atoms with E-state index in [0.717, 1.165) is 25.1 Å². The summed E-state index contributed by atoms with van der Waals surface area (Å²) >= 11 is 1.78. The molecule has 0 aliphatic rings. The van der Waals surface area contributed by atoms with E-state index in [1.807, 2.05) is 7.05 Å². The number of nitrogens with one attached hydrogen (secondary N) is 1. The Labute approximate surface area is 142 Å². The Bertz CT molecular complexity index is 748. The minimum Gasteiger partial charge on any atom is -0.481 e. The number of thiophene rings is 1. The van der Waals surface area contributed by atoms with Gasteiger partial charge in [0.15, 0.2) is 0 Å². The molecule has 1 aromatic heterocycles. The van der Waals surface area contributed by atoms with Crippen LogP contribution in [0.15, 0.2) is 60.0 Å². The lowest BCUT2D eigenvalue weighted by Crippen LogP contribution is -2.35. The molecule has 0 spiro atoms. The van der Waals surface area contributed by atoms with E-state index in [4.69, 9.17) is 4.74 Å². The van der Waals surface area contributed by atoms with Gasteiger partial charge in [-0.25, -0.2) is 0 Å². The van der Waals surface area contributed by atoms with Crippen LogP contribution in [0.5, 0.6) is 5.75 Å². The van der Waals surface area contributed by atoms with Crippen LogP contribution in [0.4, 0.5) is 0 Å². The number of ether oxygens (including phenoxy) is 1. The van der Waals surface area contributed by atoms with Gasteiger partial charge in [-0.15, -0.1) is 11.3 Å². The summed E-state index contributed by atoms with van der Waals surface area (Å²) < 4.78 is 6.68. The minimum absolute atomic E-state index is 0.276. The van der Waals surface area contributed by atoms with Crippen molar-refractivity contribution in [3.05, 3.63) is 64.9 Å². The molecule has 1 atom stereocenters. The van der Waals surface area contributed by atoms with Gasteiger partial charge in [0, 0.05) is 16.7 Å². The molecule has 0 aliphatic heterocycles. The molecule has 0 fully saturated rings. The third-order valence-electron chi connectivity index (χ3n) is 4.38. The van der Waals surface area contributed by atoms with Gasteiger partial charge in [0.1, 0.15) is 11.4 Å². The van der Waals surface area contributed by atoms with Crippen LogP contribution in [0.3, 0.4) is 0 Å². The van der Waals surface area contributed by atoms with Crippen molar-refractivity contribution in [1.29, 1.82) is 0 Å². The van der Waals surface area contributed by atoms with Crippen molar-refractivity contribution in [1.82, 2.24) is 5.32 Å². The van der Waals surface area contributed by atoms with E-state index in [-0.39, 0.29) is 5.60 Å². The normalized spacial score (nSPS) is 13.8. The van der Waals surface area contributed by atoms with E-state index in [1.54, 1.807) is 11.3 Å². The van der Waals surface area contributed by atoms with Crippen molar-refractivity contribution in [3.63, 3.8) is 0 Å². The molecule has 2 nitrogen and oxygen atoms in total. The van der Waals surface area contributed by atoms with Crippen LogP contribution in [-0.4, -0.2) is 13.6 Å². The van der Waals surface area contributed by atoms with Crippen molar-refractivity contribution in [3.8, 4) is 5.75 Å². The summed E-state index contributed by atoms with van der Waals surface area (Å²) in [6.45, 7) is 3.14. The van der Waals surface area contributed by atoms with Gasteiger partial charge in [0.25, 0.3) is 0 Å². The molecule has 1 unspecified atom stereocenters. The Morgan fingerprint density at radius 1 is 1.04 bits per heavy atom. The Morgan fingerprint density at radius 3 is 2.61 bits per heavy atom. The average Bonchev–Trinajstić information content (AvgIpc) is 3.14. The highest BCUT2D eigenvalue weighted by atomic mass is 32.1. The van der Waals surface area contributed by atoms with Gasteiger partial charge in [-0.3, -0.25) is 0 Å². The molecular weight excluding hydrogens is 302 g/mol. The highest BCUT2D eigenvalue weighted by molar-refractivity contribution is 7.10. The zero-order chi connectivity index (χ0) is 16.1. The molecule has 1 N–H and O–H groups in total. The molecule has 120 valence electrons. The summed E-state index contributed by atoms with van der Waals surface area (Å²) in [7, 11) is 1.99. The largest absolute Gasteiger partial charge is 0.481 e. The Hall–Kier alpha value is -1.84. The second kappa shape index (κ2) is 7.16. The molecule has 3 heteroatoms. The predicted molar refractivity (Wildman–Crippen MR) is 99.4 cm³/mol. The van der Waals surface area contributed by atoms with E-state index in [1.165, 1.54) is 15.6 Å². The minimum atomic E-state index is -0.276. The first-order valence-electron chi connectivity index (χ1n) is 8.14. The lowest BCUT2D eigenvalue weighted by atomic mass is 9.93. The molecule has 0 saturated heterocycles. The van der Waals surface area contributed by atoms with Crippen LogP contribution in [0.1, 0.15) is 24.6 Å².